The number of amides is 2. The van der Waals surface area contributed by atoms with Gasteiger partial charge in [-0.05, 0) is 61.2 Å². The monoisotopic (exact) mass is 414 g/mol. The number of hydrogen-bond donors (Lipinski definition) is 0. The second-order valence-electron chi connectivity index (χ2n) is 7.42. The highest BCUT2D eigenvalue weighted by molar-refractivity contribution is 6.30. The molecule has 2 aromatic carbocycles. The van der Waals surface area contributed by atoms with Crippen molar-refractivity contribution in [3.63, 3.8) is 0 Å². The molecule has 3 rings (SSSR count). The van der Waals surface area contributed by atoms with Gasteiger partial charge in [0.05, 0.1) is 0 Å². The van der Waals surface area contributed by atoms with Gasteiger partial charge in [-0.3, -0.25) is 9.59 Å². The van der Waals surface area contributed by atoms with E-state index in [1.165, 1.54) is 5.56 Å². The molecule has 0 spiro atoms. The zero-order valence-corrected chi connectivity index (χ0v) is 17.7. The Labute approximate surface area is 177 Å². The molecule has 0 aromatic heterocycles. The Kier molecular flexibility index (Phi) is 7.15. The number of aryl methyl sites for hydroxylation is 3. The SMILES string of the molecule is Cc1ccc(OCC(=O)N2CCN(C(=O)CCc3ccc(Cl)cc3)CC2)cc1C. The summed E-state index contributed by atoms with van der Waals surface area (Å²) in [6.07, 6.45) is 1.16. The van der Waals surface area contributed by atoms with E-state index in [9.17, 15) is 9.59 Å². The van der Waals surface area contributed by atoms with Crippen molar-refractivity contribution in [2.75, 3.05) is 32.8 Å². The molecule has 0 bridgehead atoms. The summed E-state index contributed by atoms with van der Waals surface area (Å²) in [5, 5.41) is 0.697. The second-order valence-corrected chi connectivity index (χ2v) is 7.86. The molecule has 1 fully saturated rings. The molecule has 1 saturated heterocycles. The maximum atomic E-state index is 12.5. The van der Waals surface area contributed by atoms with E-state index < -0.39 is 0 Å². The number of piperazine rings is 1. The summed E-state index contributed by atoms with van der Waals surface area (Å²) in [5.74, 6) is 0.785. The topological polar surface area (TPSA) is 49.9 Å². The largest absolute Gasteiger partial charge is 0.484 e. The van der Waals surface area contributed by atoms with Gasteiger partial charge in [0.15, 0.2) is 6.61 Å². The smallest absolute Gasteiger partial charge is 0.260 e. The van der Waals surface area contributed by atoms with E-state index in [0.29, 0.717) is 49.8 Å². The third-order valence-corrected chi connectivity index (χ3v) is 5.62. The summed E-state index contributed by atoms with van der Waals surface area (Å²) in [5.41, 5.74) is 3.43. The average molecular weight is 415 g/mol. The highest BCUT2D eigenvalue weighted by atomic mass is 35.5. The lowest BCUT2D eigenvalue weighted by Gasteiger charge is -2.34. The number of carbonyl (C=O) groups excluding carboxylic acids is 2. The van der Waals surface area contributed by atoms with Gasteiger partial charge in [-0.15, -0.1) is 0 Å². The zero-order chi connectivity index (χ0) is 20.8. The van der Waals surface area contributed by atoms with Crippen LogP contribution in [-0.4, -0.2) is 54.4 Å². The number of benzene rings is 2. The Morgan fingerprint density at radius 1 is 0.897 bits per heavy atom. The van der Waals surface area contributed by atoms with Crippen molar-refractivity contribution in [2.24, 2.45) is 0 Å². The van der Waals surface area contributed by atoms with E-state index >= 15 is 0 Å². The van der Waals surface area contributed by atoms with Crippen LogP contribution in [0.4, 0.5) is 0 Å². The summed E-state index contributed by atoms with van der Waals surface area (Å²) in [6.45, 7) is 6.30. The van der Waals surface area contributed by atoms with Crippen molar-refractivity contribution in [1.82, 2.24) is 9.80 Å². The van der Waals surface area contributed by atoms with Crippen molar-refractivity contribution < 1.29 is 14.3 Å². The first kappa shape index (κ1) is 21.2. The van der Waals surface area contributed by atoms with Gasteiger partial charge in [-0.1, -0.05) is 29.8 Å². The van der Waals surface area contributed by atoms with Gasteiger partial charge in [0, 0.05) is 37.6 Å². The Morgan fingerprint density at radius 3 is 2.14 bits per heavy atom. The van der Waals surface area contributed by atoms with E-state index in [2.05, 4.69) is 0 Å². The molecule has 5 nitrogen and oxygen atoms in total. The van der Waals surface area contributed by atoms with Crippen LogP contribution in [0.15, 0.2) is 42.5 Å². The Morgan fingerprint density at radius 2 is 1.52 bits per heavy atom. The van der Waals surface area contributed by atoms with E-state index in [4.69, 9.17) is 16.3 Å². The molecule has 2 amide bonds. The third kappa shape index (κ3) is 5.97. The maximum Gasteiger partial charge on any atom is 0.260 e. The first-order chi connectivity index (χ1) is 13.9. The number of carbonyl (C=O) groups is 2. The molecule has 1 heterocycles. The van der Waals surface area contributed by atoms with Crippen LogP contribution in [0.3, 0.4) is 0 Å². The molecule has 154 valence electrons. The van der Waals surface area contributed by atoms with Crippen molar-refractivity contribution >= 4 is 23.4 Å². The molecule has 1 aliphatic heterocycles. The van der Waals surface area contributed by atoms with Gasteiger partial charge in [-0.2, -0.15) is 0 Å². The van der Waals surface area contributed by atoms with E-state index in [1.807, 2.05) is 61.2 Å². The first-order valence-corrected chi connectivity index (χ1v) is 10.3. The fourth-order valence-corrected chi connectivity index (χ4v) is 3.43. The molecule has 6 heteroatoms. The number of hydrogen-bond acceptors (Lipinski definition) is 3. The molecule has 0 atom stereocenters. The second kappa shape index (κ2) is 9.79. The van der Waals surface area contributed by atoms with Crippen molar-refractivity contribution in [3.8, 4) is 5.75 Å². The normalized spacial score (nSPS) is 14.0. The molecule has 0 saturated carbocycles. The molecule has 0 unspecified atom stereocenters. The molecule has 2 aromatic rings. The van der Waals surface area contributed by atoms with Crippen LogP contribution >= 0.6 is 11.6 Å². The van der Waals surface area contributed by atoms with Crippen LogP contribution in [0.25, 0.3) is 0 Å². The van der Waals surface area contributed by atoms with E-state index in [1.54, 1.807) is 4.90 Å². The maximum absolute atomic E-state index is 12.5. The lowest BCUT2D eigenvalue weighted by atomic mass is 10.1. The van der Waals surface area contributed by atoms with Crippen LogP contribution < -0.4 is 4.74 Å². The minimum Gasteiger partial charge on any atom is -0.484 e. The Balaban J connectivity index is 1.40. The fraction of sp³-hybridized carbons (Fsp3) is 0.391. The summed E-state index contributed by atoms with van der Waals surface area (Å²) in [6, 6.07) is 13.4. The van der Waals surface area contributed by atoms with Crippen molar-refractivity contribution in [2.45, 2.75) is 26.7 Å². The van der Waals surface area contributed by atoms with Gasteiger partial charge in [0.1, 0.15) is 5.75 Å². The highest BCUT2D eigenvalue weighted by Crippen LogP contribution is 2.17. The standard InChI is InChI=1S/C23H27ClN2O3/c1-17-3-9-21(15-18(17)2)29-16-23(28)26-13-11-25(12-14-26)22(27)10-6-19-4-7-20(24)8-5-19/h3-5,7-9,15H,6,10-14,16H2,1-2H3. The van der Waals surface area contributed by atoms with Gasteiger partial charge in [-0.25, -0.2) is 0 Å². The number of ether oxygens (including phenoxy) is 1. The lowest BCUT2D eigenvalue weighted by Crippen LogP contribution is -2.51. The van der Waals surface area contributed by atoms with E-state index in [0.717, 1.165) is 11.1 Å². The molecular formula is C23H27ClN2O3. The van der Waals surface area contributed by atoms with Gasteiger partial charge < -0.3 is 14.5 Å². The predicted octanol–water partition coefficient (Wildman–Crippen LogP) is 3.64. The quantitative estimate of drug-likeness (QED) is 0.725. The average Bonchev–Trinajstić information content (AvgIpc) is 2.74. The lowest BCUT2D eigenvalue weighted by molar-refractivity contribution is -0.140. The Hall–Kier alpha value is -2.53. The molecule has 1 aliphatic rings. The van der Waals surface area contributed by atoms with Crippen LogP contribution in [0.5, 0.6) is 5.75 Å². The summed E-state index contributed by atoms with van der Waals surface area (Å²) in [4.78, 5) is 28.5. The summed E-state index contributed by atoms with van der Waals surface area (Å²) in [7, 11) is 0. The number of nitrogens with zero attached hydrogens (tertiary/aromatic N) is 2. The van der Waals surface area contributed by atoms with Crippen molar-refractivity contribution in [1.29, 1.82) is 0 Å². The number of rotatable bonds is 6. The fourth-order valence-electron chi connectivity index (χ4n) is 3.31. The van der Waals surface area contributed by atoms with Crippen LogP contribution in [0, 0.1) is 13.8 Å². The van der Waals surface area contributed by atoms with Crippen LogP contribution in [0.1, 0.15) is 23.1 Å². The molecule has 0 N–H and O–H groups in total. The molecule has 0 radical (unpaired) electrons. The summed E-state index contributed by atoms with van der Waals surface area (Å²) >= 11 is 5.89. The van der Waals surface area contributed by atoms with E-state index in [-0.39, 0.29) is 18.4 Å². The van der Waals surface area contributed by atoms with Crippen molar-refractivity contribution in [3.05, 3.63) is 64.2 Å². The van der Waals surface area contributed by atoms with Gasteiger partial charge >= 0.3 is 0 Å². The number of halogens is 1. The van der Waals surface area contributed by atoms with Crippen LogP contribution in [0.2, 0.25) is 5.02 Å². The minimum atomic E-state index is -0.0449. The van der Waals surface area contributed by atoms with Gasteiger partial charge in [0.25, 0.3) is 5.91 Å². The minimum absolute atomic E-state index is 0.0208. The van der Waals surface area contributed by atoms with Crippen LogP contribution in [-0.2, 0) is 16.0 Å². The first-order valence-electron chi connectivity index (χ1n) is 9.92. The molecule has 0 aliphatic carbocycles. The zero-order valence-electron chi connectivity index (χ0n) is 17.0. The highest BCUT2D eigenvalue weighted by Gasteiger charge is 2.24. The molecular weight excluding hydrogens is 388 g/mol. The Bertz CT molecular complexity index is 859. The predicted molar refractivity (Wildman–Crippen MR) is 114 cm³/mol. The summed E-state index contributed by atoms with van der Waals surface area (Å²) < 4.78 is 5.65. The third-order valence-electron chi connectivity index (χ3n) is 5.37. The molecule has 29 heavy (non-hydrogen) atoms. The van der Waals surface area contributed by atoms with Gasteiger partial charge in [0.2, 0.25) is 5.91 Å².